The van der Waals surface area contributed by atoms with Crippen LogP contribution in [0.5, 0.6) is 5.75 Å². The van der Waals surface area contributed by atoms with E-state index in [1.165, 1.54) is 6.07 Å². The summed E-state index contributed by atoms with van der Waals surface area (Å²) >= 11 is 0. The molecule has 0 amide bonds. The Bertz CT molecular complexity index is 619. The number of benzene rings is 1. The van der Waals surface area contributed by atoms with Gasteiger partial charge in [-0.2, -0.15) is 4.98 Å². The van der Waals surface area contributed by atoms with Crippen LogP contribution in [0, 0.1) is 6.92 Å². The lowest BCUT2D eigenvalue weighted by atomic mass is 10.1. The fourth-order valence-electron chi connectivity index (χ4n) is 1.59. The Morgan fingerprint density at radius 3 is 2.85 bits per heavy atom. The number of rotatable bonds is 4. The van der Waals surface area contributed by atoms with Gasteiger partial charge in [-0.25, -0.2) is 4.79 Å². The maximum Gasteiger partial charge on any atom is 0.342 e. The van der Waals surface area contributed by atoms with E-state index < -0.39 is 5.97 Å². The Balaban J connectivity index is 2.03. The third-order valence-corrected chi connectivity index (χ3v) is 2.78. The van der Waals surface area contributed by atoms with Crippen LogP contribution < -0.4 is 0 Å². The first-order chi connectivity index (χ1) is 9.49. The van der Waals surface area contributed by atoms with E-state index in [0.29, 0.717) is 11.4 Å². The molecule has 6 nitrogen and oxygen atoms in total. The van der Waals surface area contributed by atoms with Gasteiger partial charge in [-0.15, -0.1) is 0 Å². The second-order valence-corrected chi connectivity index (χ2v) is 4.75. The highest BCUT2D eigenvalue weighted by molar-refractivity contribution is 5.92. The summed E-state index contributed by atoms with van der Waals surface area (Å²) in [6.07, 6.45) is 0. The van der Waals surface area contributed by atoms with Crippen molar-refractivity contribution in [3.05, 3.63) is 41.0 Å². The first-order valence-corrected chi connectivity index (χ1v) is 6.27. The van der Waals surface area contributed by atoms with Gasteiger partial charge in [-0.05, 0) is 18.6 Å². The van der Waals surface area contributed by atoms with Crippen molar-refractivity contribution in [2.75, 3.05) is 0 Å². The maximum atomic E-state index is 11.9. The molecule has 0 aliphatic carbocycles. The molecule has 106 valence electrons. The summed E-state index contributed by atoms with van der Waals surface area (Å²) in [7, 11) is 0. The highest BCUT2D eigenvalue weighted by Gasteiger charge is 2.16. The molecule has 0 radical (unpaired) electrons. The molecule has 20 heavy (non-hydrogen) atoms. The minimum atomic E-state index is -0.629. The Morgan fingerprint density at radius 2 is 2.20 bits per heavy atom. The summed E-state index contributed by atoms with van der Waals surface area (Å²) in [6, 6.07) is 4.88. The summed E-state index contributed by atoms with van der Waals surface area (Å²) in [5.74, 6) is 0.231. The largest absolute Gasteiger partial charge is 0.507 e. The smallest absolute Gasteiger partial charge is 0.342 e. The molecule has 0 saturated heterocycles. The number of nitrogens with zero attached hydrogens (tertiary/aromatic N) is 2. The molecule has 1 aromatic carbocycles. The summed E-state index contributed by atoms with van der Waals surface area (Å²) in [6.45, 7) is 5.46. The molecule has 1 aromatic heterocycles. The van der Waals surface area contributed by atoms with Gasteiger partial charge in [0.15, 0.2) is 12.4 Å². The van der Waals surface area contributed by atoms with E-state index in [-0.39, 0.29) is 29.7 Å². The van der Waals surface area contributed by atoms with Crippen molar-refractivity contribution in [3.63, 3.8) is 0 Å². The SMILES string of the molecule is Cc1cccc(C(=O)OCc2nc(C(C)C)no2)c1O. The van der Waals surface area contributed by atoms with Crippen LogP contribution in [0.25, 0.3) is 0 Å². The zero-order chi connectivity index (χ0) is 14.7. The number of phenolic OH excluding ortho intramolecular Hbond substituents is 1. The van der Waals surface area contributed by atoms with Crippen molar-refractivity contribution in [3.8, 4) is 5.75 Å². The van der Waals surface area contributed by atoms with E-state index in [0.717, 1.165) is 0 Å². The molecule has 0 saturated carbocycles. The number of hydrogen-bond donors (Lipinski definition) is 1. The van der Waals surface area contributed by atoms with Gasteiger partial charge in [-0.1, -0.05) is 31.1 Å². The quantitative estimate of drug-likeness (QED) is 0.864. The second-order valence-electron chi connectivity index (χ2n) is 4.75. The van der Waals surface area contributed by atoms with Gasteiger partial charge in [-0.3, -0.25) is 0 Å². The Labute approximate surface area is 116 Å². The van der Waals surface area contributed by atoms with Crippen LogP contribution in [-0.2, 0) is 11.3 Å². The van der Waals surface area contributed by atoms with Crippen molar-refractivity contribution in [1.82, 2.24) is 10.1 Å². The molecule has 0 aliphatic heterocycles. The molecule has 0 atom stereocenters. The van der Waals surface area contributed by atoms with Gasteiger partial charge in [0.1, 0.15) is 11.3 Å². The third kappa shape index (κ3) is 2.96. The number of phenols is 1. The van der Waals surface area contributed by atoms with Crippen LogP contribution in [0.4, 0.5) is 0 Å². The highest BCUT2D eigenvalue weighted by Crippen LogP contribution is 2.22. The fraction of sp³-hybridized carbons (Fsp3) is 0.357. The van der Waals surface area contributed by atoms with E-state index in [1.807, 2.05) is 13.8 Å². The van der Waals surface area contributed by atoms with Gasteiger partial charge in [0.2, 0.25) is 0 Å². The van der Waals surface area contributed by atoms with Gasteiger partial charge in [0.05, 0.1) is 0 Å². The van der Waals surface area contributed by atoms with E-state index in [4.69, 9.17) is 9.26 Å². The van der Waals surface area contributed by atoms with Crippen LogP contribution in [0.3, 0.4) is 0 Å². The van der Waals surface area contributed by atoms with Crippen molar-refractivity contribution in [2.45, 2.75) is 33.3 Å². The summed E-state index contributed by atoms with van der Waals surface area (Å²) < 4.78 is 10.0. The summed E-state index contributed by atoms with van der Waals surface area (Å²) in [4.78, 5) is 16.0. The summed E-state index contributed by atoms with van der Waals surface area (Å²) in [5, 5.41) is 13.6. The molecule has 0 fully saturated rings. The molecule has 2 aromatic rings. The Kier molecular flexibility index (Phi) is 4.02. The van der Waals surface area contributed by atoms with E-state index in [1.54, 1.807) is 19.1 Å². The van der Waals surface area contributed by atoms with Crippen molar-refractivity contribution in [2.24, 2.45) is 0 Å². The predicted molar refractivity (Wildman–Crippen MR) is 70.4 cm³/mol. The molecule has 0 bridgehead atoms. The minimum absolute atomic E-state index is 0.0779. The second kappa shape index (κ2) is 5.73. The number of carbonyl (C=O) groups excluding carboxylic acids is 1. The maximum absolute atomic E-state index is 11.9. The van der Waals surface area contributed by atoms with Crippen LogP contribution in [-0.4, -0.2) is 21.2 Å². The number of esters is 1. The van der Waals surface area contributed by atoms with Crippen molar-refractivity contribution < 1.29 is 19.2 Å². The fourth-order valence-corrected chi connectivity index (χ4v) is 1.59. The Hall–Kier alpha value is -2.37. The predicted octanol–water partition coefficient (Wildman–Crippen LogP) is 2.56. The van der Waals surface area contributed by atoms with Crippen LogP contribution >= 0.6 is 0 Å². The lowest BCUT2D eigenvalue weighted by Crippen LogP contribution is -2.06. The zero-order valence-electron chi connectivity index (χ0n) is 11.6. The zero-order valence-corrected chi connectivity index (χ0v) is 11.6. The number of hydrogen-bond acceptors (Lipinski definition) is 6. The van der Waals surface area contributed by atoms with Crippen molar-refractivity contribution in [1.29, 1.82) is 0 Å². The first kappa shape index (κ1) is 14.0. The molecule has 0 unspecified atom stereocenters. The number of para-hydroxylation sites is 1. The average Bonchev–Trinajstić information content (AvgIpc) is 2.88. The molecular formula is C14H16N2O4. The van der Waals surface area contributed by atoms with E-state index in [9.17, 15) is 9.90 Å². The minimum Gasteiger partial charge on any atom is -0.507 e. The van der Waals surface area contributed by atoms with Gasteiger partial charge in [0, 0.05) is 5.92 Å². The monoisotopic (exact) mass is 276 g/mol. The number of aryl methyl sites for hydroxylation is 1. The average molecular weight is 276 g/mol. The standard InChI is InChI=1S/C14H16N2O4/c1-8(2)13-15-11(20-16-13)7-19-14(18)10-6-4-5-9(3)12(10)17/h4-6,8,17H,7H2,1-3H3. The number of carbonyl (C=O) groups is 1. The summed E-state index contributed by atoms with van der Waals surface area (Å²) in [5.41, 5.74) is 0.730. The van der Waals surface area contributed by atoms with Crippen LogP contribution in [0.15, 0.2) is 22.7 Å². The van der Waals surface area contributed by atoms with E-state index in [2.05, 4.69) is 10.1 Å². The van der Waals surface area contributed by atoms with Crippen molar-refractivity contribution >= 4 is 5.97 Å². The van der Waals surface area contributed by atoms with Gasteiger partial charge < -0.3 is 14.4 Å². The normalized spacial score (nSPS) is 10.8. The lowest BCUT2D eigenvalue weighted by molar-refractivity contribution is 0.0426. The number of aromatic nitrogens is 2. The molecule has 1 N–H and O–H groups in total. The van der Waals surface area contributed by atoms with Crippen LogP contribution in [0.1, 0.15) is 47.4 Å². The molecule has 0 aliphatic rings. The number of ether oxygens (including phenoxy) is 1. The van der Waals surface area contributed by atoms with Gasteiger partial charge >= 0.3 is 5.97 Å². The first-order valence-electron chi connectivity index (χ1n) is 6.27. The lowest BCUT2D eigenvalue weighted by Gasteiger charge is -2.05. The topological polar surface area (TPSA) is 85.5 Å². The molecule has 1 heterocycles. The number of aromatic hydroxyl groups is 1. The molecule has 2 rings (SSSR count). The van der Waals surface area contributed by atoms with Crippen LogP contribution in [0.2, 0.25) is 0 Å². The molecule has 0 spiro atoms. The highest BCUT2D eigenvalue weighted by atomic mass is 16.6. The molecule has 6 heteroatoms. The van der Waals surface area contributed by atoms with Gasteiger partial charge in [0.25, 0.3) is 5.89 Å². The third-order valence-electron chi connectivity index (χ3n) is 2.78. The molecular weight excluding hydrogens is 260 g/mol. The Morgan fingerprint density at radius 1 is 1.45 bits per heavy atom. The van der Waals surface area contributed by atoms with E-state index >= 15 is 0 Å².